The van der Waals surface area contributed by atoms with Gasteiger partial charge in [-0.25, -0.2) is 4.98 Å². The van der Waals surface area contributed by atoms with Crippen LogP contribution in [0.1, 0.15) is 35.8 Å². The summed E-state index contributed by atoms with van der Waals surface area (Å²) in [5.74, 6) is 1.01. The highest BCUT2D eigenvalue weighted by Crippen LogP contribution is 2.28. The zero-order valence-corrected chi connectivity index (χ0v) is 16.1. The second-order valence-electron chi connectivity index (χ2n) is 5.98. The van der Waals surface area contributed by atoms with Crippen molar-refractivity contribution in [2.24, 2.45) is 10.4 Å². The van der Waals surface area contributed by atoms with Crippen LogP contribution in [0, 0.1) is 19.3 Å². The minimum Gasteiger partial charge on any atom is -0.351 e. The number of nitrogens with one attached hydrogen (secondary N) is 1. The van der Waals surface area contributed by atoms with E-state index in [9.17, 15) is 0 Å². The van der Waals surface area contributed by atoms with Gasteiger partial charge in [0.15, 0.2) is 5.96 Å². The molecule has 2 rings (SSSR count). The summed E-state index contributed by atoms with van der Waals surface area (Å²) in [6.07, 6.45) is 1.23. The monoisotopic (exact) mass is 408 g/mol. The van der Waals surface area contributed by atoms with Crippen LogP contribution in [0.5, 0.6) is 0 Å². The highest BCUT2D eigenvalue weighted by atomic mass is 127. The van der Waals surface area contributed by atoms with E-state index in [2.05, 4.69) is 47.9 Å². The smallest absolute Gasteiger partial charge is 0.193 e. The maximum absolute atomic E-state index is 4.46. The van der Waals surface area contributed by atoms with Gasteiger partial charge in [-0.2, -0.15) is 0 Å². The fraction of sp³-hybridized carbons (Fsp3) is 0.714. The molecule has 0 spiro atoms. The first-order valence-electron chi connectivity index (χ1n) is 6.80. The first kappa shape index (κ1) is 17.7. The van der Waals surface area contributed by atoms with Gasteiger partial charge in [-0.05, 0) is 25.7 Å². The van der Waals surface area contributed by atoms with E-state index in [4.69, 9.17) is 0 Å². The minimum absolute atomic E-state index is 0. The molecule has 2 heterocycles. The summed E-state index contributed by atoms with van der Waals surface area (Å²) >= 11 is 1.76. The Morgan fingerprint density at radius 1 is 1.45 bits per heavy atom. The van der Waals surface area contributed by atoms with Crippen LogP contribution in [0.3, 0.4) is 0 Å². The molecule has 1 aromatic heterocycles. The highest BCUT2D eigenvalue weighted by molar-refractivity contribution is 14.0. The minimum atomic E-state index is 0. The molecule has 20 heavy (non-hydrogen) atoms. The van der Waals surface area contributed by atoms with Crippen molar-refractivity contribution in [1.29, 1.82) is 0 Å². The topological polar surface area (TPSA) is 40.5 Å². The number of aromatic nitrogens is 1. The lowest BCUT2D eigenvalue weighted by Crippen LogP contribution is -2.40. The van der Waals surface area contributed by atoms with Crippen LogP contribution >= 0.6 is 35.3 Å². The lowest BCUT2D eigenvalue weighted by molar-refractivity contribution is 0.370. The van der Waals surface area contributed by atoms with E-state index in [-0.39, 0.29) is 24.0 Å². The average molecular weight is 408 g/mol. The molecule has 4 nitrogen and oxygen atoms in total. The number of likely N-dealkylation sites (tertiary alicyclic amines) is 1. The molecule has 0 saturated carbocycles. The van der Waals surface area contributed by atoms with Crippen molar-refractivity contribution in [3.63, 3.8) is 0 Å². The fourth-order valence-corrected chi connectivity index (χ4v) is 3.40. The predicted molar refractivity (Wildman–Crippen MR) is 97.2 cm³/mol. The molecule has 0 amide bonds. The lowest BCUT2D eigenvalue weighted by atomic mass is 9.93. The van der Waals surface area contributed by atoms with Crippen LogP contribution in [0.15, 0.2) is 4.99 Å². The number of nitrogens with zero attached hydrogens (tertiary/aromatic N) is 3. The fourth-order valence-electron chi connectivity index (χ4n) is 2.52. The van der Waals surface area contributed by atoms with Gasteiger partial charge >= 0.3 is 0 Å². The van der Waals surface area contributed by atoms with Crippen LogP contribution < -0.4 is 5.32 Å². The third kappa shape index (κ3) is 4.31. The van der Waals surface area contributed by atoms with E-state index >= 15 is 0 Å². The van der Waals surface area contributed by atoms with E-state index < -0.39 is 0 Å². The molecule has 0 bridgehead atoms. The van der Waals surface area contributed by atoms with Gasteiger partial charge in [0.1, 0.15) is 0 Å². The van der Waals surface area contributed by atoms with E-state index in [1.165, 1.54) is 11.3 Å². The quantitative estimate of drug-likeness (QED) is 0.464. The van der Waals surface area contributed by atoms with Gasteiger partial charge < -0.3 is 10.2 Å². The number of guanidine groups is 1. The normalized spacial score (nSPS) is 18.1. The zero-order chi connectivity index (χ0) is 14.0. The summed E-state index contributed by atoms with van der Waals surface area (Å²) in [6, 6.07) is 0. The van der Waals surface area contributed by atoms with E-state index in [0.717, 1.165) is 36.3 Å². The second-order valence-corrected chi connectivity index (χ2v) is 7.27. The number of aliphatic imine (C=N–C) groups is 1. The van der Waals surface area contributed by atoms with E-state index in [1.807, 2.05) is 7.05 Å². The summed E-state index contributed by atoms with van der Waals surface area (Å²) in [6.45, 7) is 11.7. The Hall–Kier alpha value is -0.370. The summed E-state index contributed by atoms with van der Waals surface area (Å²) < 4.78 is 0. The summed E-state index contributed by atoms with van der Waals surface area (Å²) in [5.41, 5.74) is 1.53. The molecule has 0 unspecified atom stereocenters. The molecule has 0 atom stereocenters. The van der Waals surface area contributed by atoms with Gasteiger partial charge in [0.05, 0.1) is 17.2 Å². The molecule has 1 aromatic rings. The largest absolute Gasteiger partial charge is 0.351 e. The van der Waals surface area contributed by atoms with Crippen molar-refractivity contribution in [3.8, 4) is 0 Å². The van der Waals surface area contributed by atoms with Crippen LogP contribution in [0.25, 0.3) is 0 Å². The Bertz CT molecular complexity index is 482. The first-order chi connectivity index (χ1) is 8.91. The van der Waals surface area contributed by atoms with Crippen LogP contribution in [0.2, 0.25) is 0 Å². The van der Waals surface area contributed by atoms with Gasteiger partial charge in [0, 0.05) is 25.0 Å². The van der Waals surface area contributed by atoms with Crippen molar-refractivity contribution < 1.29 is 0 Å². The van der Waals surface area contributed by atoms with Crippen molar-refractivity contribution in [1.82, 2.24) is 15.2 Å². The molecular weight excluding hydrogens is 383 g/mol. The average Bonchev–Trinajstić information content (AvgIpc) is 2.83. The first-order valence-corrected chi connectivity index (χ1v) is 7.61. The molecular formula is C14H25IN4S. The highest BCUT2D eigenvalue weighted by Gasteiger charge is 2.30. The van der Waals surface area contributed by atoms with Gasteiger partial charge in [-0.1, -0.05) is 13.8 Å². The van der Waals surface area contributed by atoms with Crippen molar-refractivity contribution >= 4 is 41.3 Å². The summed E-state index contributed by atoms with van der Waals surface area (Å²) in [4.78, 5) is 12.5. The van der Waals surface area contributed by atoms with Crippen LogP contribution in [-0.2, 0) is 6.54 Å². The lowest BCUT2D eigenvalue weighted by Gasteiger charge is -2.23. The maximum atomic E-state index is 4.46. The predicted octanol–water partition coefficient (Wildman–Crippen LogP) is 3.19. The number of halogens is 1. The Morgan fingerprint density at radius 3 is 2.60 bits per heavy atom. The van der Waals surface area contributed by atoms with Crippen molar-refractivity contribution in [3.05, 3.63) is 15.6 Å². The van der Waals surface area contributed by atoms with Gasteiger partial charge in [0.25, 0.3) is 0 Å². The Balaban J connectivity index is 0.00000200. The summed E-state index contributed by atoms with van der Waals surface area (Å²) in [5, 5.41) is 4.60. The SMILES string of the molecule is CN=C(NCc1sc(C)nc1C)N1CCC(C)(C)C1.I. The molecule has 1 N–H and O–H groups in total. The third-order valence-electron chi connectivity index (χ3n) is 3.60. The number of hydrogen-bond acceptors (Lipinski definition) is 3. The van der Waals surface area contributed by atoms with Gasteiger partial charge in [0.2, 0.25) is 0 Å². The Morgan fingerprint density at radius 2 is 2.15 bits per heavy atom. The van der Waals surface area contributed by atoms with E-state index in [1.54, 1.807) is 11.3 Å². The van der Waals surface area contributed by atoms with Gasteiger partial charge in [-0.3, -0.25) is 4.99 Å². The number of aryl methyl sites for hydroxylation is 2. The van der Waals surface area contributed by atoms with E-state index in [0.29, 0.717) is 5.41 Å². The molecule has 0 aromatic carbocycles. The maximum Gasteiger partial charge on any atom is 0.193 e. The molecule has 6 heteroatoms. The number of thiazole rings is 1. The summed E-state index contributed by atoms with van der Waals surface area (Å²) in [7, 11) is 1.86. The molecule has 1 aliphatic heterocycles. The molecule has 114 valence electrons. The Labute approximate surface area is 143 Å². The molecule has 1 aliphatic rings. The zero-order valence-electron chi connectivity index (χ0n) is 13.0. The second kappa shape index (κ2) is 7.06. The number of hydrogen-bond donors (Lipinski definition) is 1. The van der Waals surface area contributed by atoms with Crippen LogP contribution in [0.4, 0.5) is 0 Å². The third-order valence-corrected chi connectivity index (χ3v) is 4.67. The Kier molecular flexibility index (Phi) is 6.25. The van der Waals surface area contributed by atoms with Gasteiger partial charge in [-0.15, -0.1) is 35.3 Å². The van der Waals surface area contributed by atoms with Crippen molar-refractivity contribution in [2.45, 2.75) is 40.7 Å². The van der Waals surface area contributed by atoms with Crippen LogP contribution in [-0.4, -0.2) is 36.0 Å². The number of rotatable bonds is 2. The molecule has 1 saturated heterocycles. The molecule has 0 aliphatic carbocycles. The van der Waals surface area contributed by atoms with Crippen molar-refractivity contribution in [2.75, 3.05) is 20.1 Å². The standard InChI is InChI=1S/C14H24N4S.HI/c1-10-12(19-11(2)17-10)8-16-13(15-5)18-7-6-14(3,4)9-18;/h6-9H2,1-5H3,(H,15,16);1H. The molecule has 0 radical (unpaired) electrons. The molecule has 1 fully saturated rings.